The first kappa shape index (κ1) is 13.9. The predicted molar refractivity (Wildman–Crippen MR) is 86.3 cm³/mol. The average Bonchev–Trinajstić information content (AvgIpc) is 2.87. The molecular formula is C20H30O. The van der Waals surface area contributed by atoms with Gasteiger partial charge in [0.1, 0.15) is 5.76 Å². The lowest BCUT2D eigenvalue weighted by molar-refractivity contribution is -0.105. The van der Waals surface area contributed by atoms with Crippen LogP contribution in [0, 0.1) is 28.6 Å². The van der Waals surface area contributed by atoms with E-state index in [-0.39, 0.29) is 0 Å². The van der Waals surface area contributed by atoms with Crippen LogP contribution in [-0.2, 0) is 6.42 Å². The van der Waals surface area contributed by atoms with E-state index in [4.69, 9.17) is 4.42 Å². The third-order valence-electron chi connectivity index (χ3n) is 7.75. The van der Waals surface area contributed by atoms with E-state index in [1.807, 2.05) is 6.26 Å². The Kier molecular flexibility index (Phi) is 2.91. The quantitative estimate of drug-likeness (QED) is 0.587. The van der Waals surface area contributed by atoms with Crippen molar-refractivity contribution in [1.29, 1.82) is 0 Å². The van der Waals surface area contributed by atoms with Crippen LogP contribution < -0.4 is 0 Å². The number of rotatable bonds is 0. The minimum atomic E-state index is 0.531. The molecule has 0 amide bonds. The Balaban J connectivity index is 1.75. The van der Waals surface area contributed by atoms with Crippen molar-refractivity contribution in [3.8, 4) is 0 Å². The van der Waals surface area contributed by atoms with Crippen molar-refractivity contribution in [2.45, 2.75) is 72.1 Å². The third-order valence-corrected chi connectivity index (χ3v) is 7.75. The van der Waals surface area contributed by atoms with Crippen molar-refractivity contribution < 1.29 is 4.42 Å². The second-order valence-electron chi connectivity index (χ2n) is 9.04. The fraction of sp³-hybridized carbons (Fsp3) is 0.800. The van der Waals surface area contributed by atoms with Crippen molar-refractivity contribution in [3.05, 3.63) is 23.7 Å². The molecule has 1 heteroatoms. The Labute approximate surface area is 129 Å². The smallest absolute Gasteiger partial charge is 0.107 e. The van der Waals surface area contributed by atoms with Gasteiger partial charge >= 0.3 is 0 Å². The van der Waals surface area contributed by atoms with E-state index < -0.39 is 0 Å². The molecule has 0 spiro atoms. The molecule has 0 saturated heterocycles. The molecule has 3 aliphatic carbocycles. The van der Waals surface area contributed by atoms with Gasteiger partial charge in [-0.3, -0.25) is 0 Å². The third kappa shape index (κ3) is 1.82. The van der Waals surface area contributed by atoms with E-state index in [1.54, 1.807) is 0 Å². The van der Waals surface area contributed by atoms with Crippen LogP contribution in [-0.4, -0.2) is 0 Å². The van der Waals surface area contributed by atoms with Gasteiger partial charge < -0.3 is 4.42 Å². The second kappa shape index (κ2) is 4.40. The summed E-state index contributed by atoms with van der Waals surface area (Å²) >= 11 is 0. The maximum Gasteiger partial charge on any atom is 0.107 e. The molecule has 2 saturated carbocycles. The van der Waals surface area contributed by atoms with Crippen LogP contribution in [0.25, 0.3) is 0 Å². The Morgan fingerprint density at radius 3 is 2.76 bits per heavy atom. The normalized spacial score (nSPS) is 44.6. The lowest BCUT2D eigenvalue weighted by Gasteiger charge is -2.61. The summed E-state index contributed by atoms with van der Waals surface area (Å²) in [6.45, 7) is 10.1. The highest BCUT2D eigenvalue weighted by Gasteiger charge is 2.56. The first-order valence-electron chi connectivity index (χ1n) is 9.00. The summed E-state index contributed by atoms with van der Waals surface area (Å²) in [6, 6.07) is 2.23. The first-order valence-corrected chi connectivity index (χ1v) is 9.00. The van der Waals surface area contributed by atoms with Crippen LogP contribution in [0.2, 0.25) is 0 Å². The highest BCUT2D eigenvalue weighted by atomic mass is 16.3. The molecule has 116 valence electrons. The molecule has 5 atom stereocenters. The molecule has 0 aliphatic heterocycles. The van der Waals surface area contributed by atoms with E-state index >= 15 is 0 Å². The lowest BCUT2D eigenvalue weighted by Crippen LogP contribution is -2.53. The minimum Gasteiger partial charge on any atom is -0.469 e. The molecule has 0 radical (unpaired) electrons. The van der Waals surface area contributed by atoms with Gasteiger partial charge in [-0.1, -0.05) is 34.1 Å². The van der Waals surface area contributed by atoms with Gasteiger partial charge in [0, 0.05) is 6.42 Å². The Bertz CT molecular complexity index is 540. The molecule has 2 fully saturated rings. The fourth-order valence-corrected chi connectivity index (χ4v) is 6.72. The molecule has 0 unspecified atom stereocenters. The van der Waals surface area contributed by atoms with Crippen LogP contribution in [0.15, 0.2) is 16.7 Å². The van der Waals surface area contributed by atoms with Gasteiger partial charge in [-0.25, -0.2) is 0 Å². The number of furan rings is 1. The van der Waals surface area contributed by atoms with Gasteiger partial charge in [0.25, 0.3) is 0 Å². The Morgan fingerprint density at radius 2 is 1.95 bits per heavy atom. The summed E-state index contributed by atoms with van der Waals surface area (Å²) in [4.78, 5) is 0. The molecule has 0 bridgehead atoms. The second-order valence-corrected chi connectivity index (χ2v) is 9.04. The summed E-state index contributed by atoms with van der Waals surface area (Å²) < 4.78 is 5.85. The fourth-order valence-electron chi connectivity index (χ4n) is 6.72. The average molecular weight is 286 g/mol. The monoisotopic (exact) mass is 286 g/mol. The molecule has 1 nitrogen and oxygen atoms in total. The Morgan fingerprint density at radius 1 is 1.14 bits per heavy atom. The highest BCUT2D eigenvalue weighted by molar-refractivity contribution is 5.28. The van der Waals surface area contributed by atoms with E-state index in [0.717, 1.165) is 17.8 Å². The summed E-state index contributed by atoms with van der Waals surface area (Å²) in [5.41, 5.74) is 2.57. The number of hydrogen-bond acceptors (Lipinski definition) is 1. The van der Waals surface area contributed by atoms with Crippen molar-refractivity contribution in [2.24, 2.45) is 28.6 Å². The summed E-state index contributed by atoms with van der Waals surface area (Å²) in [5, 5.41) is 0. The molecule has 1 aromatic rings. The van der Waals surface area contributed by atoms with E-state index in [9.17, 15) is 0 Å². The zero-order chi connectivity index (χ0) is 14.8. The summed E-state index contributed by atoms with van der Waals surface area (Å²) in [5.74, 6) is 4.62. The molecule has 4 rings (SSSR count). The van der Waals surface area contributed by atoms with Crippen molar-refractivity contribution >= 4 is 0 Å². The zero-order valence-electron chi connectivity index (χ0n) is 14.1. The van der Waals surface area contributed by atoms with E-state index in [2.05, 4.69) is 33.8 Å². The van der Waals surface area contributed by atoms with Gasteiger partial charge in [-0.05, 0) is 71.8 Å². The molecule has 1 aromatic heterocycles. The first-order chi connectivity index (χ1) is 9.93. The molecule has 21 heavy (non-hydrogen) atoms. The van der Waals surface area contributed by atoms with Gasteiger partial charge in [-0.2, -0.15) is 0 Å². The van der Waals surface area contributed by atoms with Crippen molar-refractivity contribution in [2.75, 3.05) is 0 Å². The highest BCUT2D eigenvalue weighted by Crippen LogP contribution is 2.64. The molecular weight excluding hydrogens is 256 g/mol. The maximum absolute atomic E-state index is 5.85. The molecule has 1 heterocycles. The van der Waals surface area contributed by atoms with Crippen LogP contribution >= 0.6 is 0 Å². The summed E-state index contributed by atoms with van der Waals surface area (Å²) in [6.07, 6.45) is 10.3. The van der Waals surface area contributed by atoms with Gasteiger partial charge in [0.15, 0.2) is 0 Å². The van der Waals surface area contributed by atoms with Gasteiger partial charge in [0.05, 0.1) is 6.26 Å². The Hall–Kier alpha value is -0.720. The molecule has 0 N–H and O–H groups in total. The number of hydrogen-bond donors (Lipinski definition) is 0. The van der Waals surface area contributed by atoms with Crippen LogP contribution in [0.5, 0.6) is 0 Å². The standard InChI is InChI=1S/C20H30O/c1-13-14-6-7-18-19(2,3)9-5-10-20(18,4)16(14)12-17-15(13)8-11-21-17/h8,11,13-14,16,18H,5-7,9-10,12H2,1-4H3/t13-,14+,16+,18+,20-/m1/s1. The van der Waals surface area contributed by atoms with Gasteiger partial charge in [-0.15, -0.1) is 0 Å². The van der Waals surface area contributed by atoms with Crippen LogP contribution in [0.1, 0.15) is 77.0 Å². The summed E-state index contributed by atoms with van der Waals surface area (Å²) in [7, 11) is 0. The maximum atomic E-state index is 5.85. The minimum absolute atomic E-state index is 0.531. The van der Waals surface area contributed by atoms with Crippen LogP contribution in [0.4, 0.5) is 0 Å². The van der Waals surface area contributed by atoms with E-state index in [1.165, 1.54) is 49.8 Å². The SMILES string of the molecule is C[C@H]1c2ccoc2C[C@H]2[C@H]1CC[C@H]1C(C)(C)CCC[C@]21C. The van der Waals surface area contributed by atoms with E-state index in [0.29, 0.717) is 16.7 Å². The van der Waals surface area contributed by atoms with Crippen molar-refractivity contribution in [1.82, 2.24) is 0 Å². The topological polar surface area (TPSA) is 13.1 Å². The largest absolute Gasteiger partial charge is 0.469 e. The van der Waals surface area contributed by atoms with Crippen molar-refractivity contribution in [3.63, 3.8) is 0 Å². The zero-order valence-corrected chi connectivity index (χ0v) is 14.1. The molecule has 3 aliphatic rings. The number of fused-ring (bicyclic) bond motifs is 4. The molecule has 0 aromatic carbocycles. The predicted octanol–water partition coefficient (Wildman–Crippen LogP) is 5.80. The lowest BCUT2D eigenvalue weighted by atomic mass is 9.44. The van der Waals surface area contributed by atoms with Crippen LogP contribution in [0.3, 0.4) is 0 Å². The van der Waals surface area contributed by atoms with Gasteiger partial charge in [0.2, 0.25) is 0 Å².